The molecule has 1 saturated heterocycles. The molecule has 0 spiro atoms. The number of piperidine rings is 1. The maximum atomic E-state index is 12.1. The highest BCUT2D eigenvalue weighted by Gasteiger charge is 2.35. The van der Waals surface area contributed by atoms with Gasteiger partial charge in [0.05, 0.1) is 0 Å². The van der Waals surface area contributed by atoms with Crippen molar-refractivity contribution in [3.05, 3.63) is 0 Å². The van der Waals surface area contributed by atoms with E-state index in [1.807, 2.05) is 25.7 Å². The summed E-state index contributed by atoms with van der Waals surface area (Å²) in [6.07, 6.45) is 2.85. The molecule has 0 aromatic heterocycles. The number of carbonyl (C=O) groups is 1. The van der Waals surface area contributed by atoms with Gasteiger partial charge in [-0.3, -0.25) is 0 Å². The summed E-state index contributed by atoms with van der Waals surface area (Å²) in [6, 6.07) is 0. The zero-order valence-corrected chi connectivity index (χ0v) is 13.0. The van der Waals surface area contributed by atoms with Crippen LogP contribution in [0.1, 0.15) is 53.9 Å². The molecule has 0 unspecified atom stereocenters. The minimum atomic E-state index is -0.441. The number of likely N-dealkylation sites (tertiary alicyclic amines) is 1. The van der Waals surface area contributed by atoms with Gasteiger partial charge in [0.25, 0.3) is 0 Å². The molecule has 0 aromatic rings. The van der Waals surface area contributed by atoms with Gasteiger partial charge in [0, 0.05) is 19.7 Å². The average Bonchev–Trinajstić information content (AvgIpc) is 2.26. The average molecular weight is 271 g/mol. The summed E-state index contributed by atoms with van der Waals surface area (Å²) in [5.74, 6) is 0.281. The van der Waals surface area contributed by atoms with E-state index in [-0.39, 0.29) is 24.0 Å². The zero-order chi connectivity index (χ0) is 14.7. The van der Waals surface area contributed by atoms with Crippen molar-refractivity contribution < 1.29 is 14.6 Å². The van der Waals surface area contributed by atoms with Gasteiger partial charge in [0.2, 0.25) is 0 Å². The number of aliphatic hydroxyl groups is 1. The van der Waals surface area contributed by atoms with E-state index >= 15 is 0 Å². The SMILES string of the molecule is C[C@@H](CO)C[C@@]1(C)CCCN(C(=O)OC(C)(C)C)C1. The standard InChI is InChI=1S/C15H29NO3/c1-12(10-17)9-15(5)7-6-8-16(11-15)13(18)19-14(2,3)4/h12,17H,6-11H2,1-5H3/t12-,15-/m1/s1. The number of aliphatic hydroxyl groups excluding tert-OH is 1. The smallest absolute Gasteiger partial charge is 0.410 e. The minimum Gasteiger partial charge on any atom is -0.444 e. The summed E-state index contributed by atoms with van der Waals surface area (Å²) in [6.45, 7) is 11.6. The molecule has 0 aromatic carbocycles. The summed E-state index contributed by atoms with van der Waals surface area (Å²) >= 11 is 0. The van der Waals surface area contributed by atoms with Gasteiger partial charge in [-0.05, 0) is 51.4 Å². The fraction of sp³-hybridized carbons (Fsp3) is 0.933. The Kier molecular flexibility index (Phi) is 5.25. The first-order valence-corrected chi connectivity index (χ1v) is 7.24. The Balaban J connectivity index is 2.61. The highest BCUT2D eigenvalue weighted by atomic mass is 16.6. The molecule has 4 heteroatoms. The van der Waals surface area contributed by atoms with E-state index < -0.39 is 5.60 Å². The van der Waals surface area contributed by atoms with Crippen molar-refractivity contribution >= 4 is 6.09 Å². The topological polar surface area (TPSA) is 49.8 Å². The number of hydrogen-bond donors (Lipinski definition) is 1. The molecule has 1 rings (SSSR count). The third-order valence-corrected chi connectivity index (χ3v) is 3.59. The van der Waals surface area contributed by atoms with Gasteiger partial charge in [-0.15, -0.1) is 0 Å². The van der Waals surface area contributed by atoms with Crippen LogP contribution in [0, 0.1) is 11.3 Å². The monoisotopic (exact) mass is 271 g/mol. The summed E-state index contributed by atoms with van der Waals surface area (Å²) in [4.78, 5) is 13.9. The van der Waals surface area contributed by atoms with Crippen LogP contribution in [-0.4, -0.2) is 41.4 Å². The van der Waals surface area contributed by atoms with Gasteiger partial charge in [-0.25, -0.2) is 4.79 Å². The molecule has 1 fully saturated rings. The lowest BCUT2D eigenvalue weighted by Gasteiger charge is -2.42. The maximum absolute atomic E-state index is 12.1. The van der Waals surface area contributed by atoms with Crippen LogP contribution in [0.4, 0.5) is 4.79 Å². The lowest BCUT2D eigenvalue weighted by Crippen LogP contribution is -2.47. The highest BCUT2D eigenvalue weighted by molar-refractivity contribution is 5.68. The molecule has 2 atom stereocenters. The largest absolute Gasteiger partial charge is 0.444 e. The van der Waals surface area contributed by atoms with Gasteiger partial charge < -0.3 is 14.7 Å². The molecule has 1 aliphatic heterocycles. The van der Waals surface area contributed by atoms with Crippen molar-refractivity contribution in [2.75, 3.05) is 19.7 Å². The molecule has 1 heterocycles. The van der Waals surface area contributed by atoms with Crippen molar-refractivity contribution in [1.29, 1.82) is 0 Å². The second kappa shape index (κ2) is 6.12. The van der Waals surface area contributed by atoms with E-state index in [4.69, 9.17) is 4.74 Å². The number of ether oxygens (including phenoxy) is 1. The number of rotatable bonds is 3. The second-order valence-corrected chi connectivity index (χ2v) is 7.31. The quantitative estimate of drug-likeness (QED) is 0.858. The van der Waals surface area contributed by atoms with Crippen LogP contribution < -0.4 is 0 Å². The van der Waals surface area contributed by atoms with Gasteiger partial charge in [0.15, 0.2) is 0 Å². The summed E-state index contributed by atoms with van der Waals surface area (Å²) in [5.41, 5.74) is -0.347. The van der Waals surface area contributed by atoms with Crippen molar-refractivity contribution in [3.8, 4) is 0 Å². The molecule has 112 valence electrons. The molecule has 0 radical (unpaired) electrons. The Morgan fingerprint density at radius 3 is 2.63 bits per heavy atom. The summed E-state index contributed by atoms with van der Waals surface area (Å²) in [7, 11) is 0. The summed E-state index contributed by atoms with van der Waals surface area (Å²) < 4.78 is 5.44. The van der Waals surface area contributed by atoms with E-state index in [1.54, 1.807) is 0 Å². The van der Waals surface area contributed by atoms with Gasteiger partial charge in [-0.2, -0.15) is 0 Å². The number of nitrogens with zero attached hydrogens (tertiary/aromatic N) is 1. The number of amides is 1. The first kappa shape index (κ1) is 16.3. The van der Waals surface area contributed by atoms with Crippen LogP contribution in [0.25, 0.3) is 0 Å². The second-order valence-electron chi connectivity index (χ2n) is 7.31. The Morgan fingerprint density at radius 2 is 2.11 bits per heavy atom. The molecule has 1 aliphatic rings. The third kappa shape index (κ3) is 5.39. The van der Waals surface area contributed by atoms with Crippen LogP contribution in [0.15, 0.2) is 0 Å². The molecule has 19 heavy (non-hydrogen) atoms. The molecular formula is C15H29NO3. The van der Waals surface area contributed by atoms with E-state index in [1.165, 1.54) is 0 Å². The molecule has 0 bridgehead atoms. The van der Waals surface area contributed by atoms with E-state index in [0.717, 1.165) is 32.4 Å². The highest BCUT2D eigenvalue weighted by Crippen LogP contribution is 2.36. The van der Waals surface area contributed by atoms with Gasteiger partial charge in [0.1, 0.15) is 5.60 Å². The Morgan fingerprint density at radius 1 is 1.47 bits per heavy atom. The van der Waals surface area contributed by atoms with Crippen LogP contribution in [0.2, 0.25) is 0 Å². The number of carbonyl (C=O) groups excluding carboxylic acids is 1. The van der Waals surface area contributed by atoms with Crippen LogP contribution in [-0.2, 0) is 4.74 Å². The van der Waals surface area contributed by atoms with E-state index in [9.17, 15) is 9.90 Å². The Bertz CT molecular complexity index is 311. The maximum Gasteiger partial charge on any atom is 0.410 e. The lowest BCUT2D eigenvalue weighted by molar-refractivity contribution is 0.00194. The molecular weight excluding hydrogens is 242 g/mol. The third-order valence-electron chi connectivity index (χ3n) is 3.59. The number of hydrogen-bond acceptors (Lipinski definition) is 3. The fourth-order valence-corrected chi connectivity index (χ4v) is 2.87. The van der Waals surface area contributed by atoms with Crippen molar-refractivity contribution in [3.63, 3.8) is 0 Å². The Hall–Kier alpha value is -0.770. The van der Waals surface area contributed by atoms with Gasteiger partial charge >= 0.3 is 6.09 Å². The van der Waals surface area contributed by atoms with Crippen LogP contribution in [0.5, 0.6) is 0 Å². The van der Waals surface area contributed by atoms with E-state index in [0.29, 0.717) is 0 Å². The first-order valence-electron chi connectivity index (χ1n) is 7.24. The molecule has 0 saturated carbocycles. The van der Waals surface area contributed by atoms with Crippen molar-refractivity contribution in [2.45, 2.75) is 59.5 Å². The first-order chi connectivity index (χ1) is 8.65. The molecule has 1 amide bonds. The molecule has 4 nitrogen and oxygen atoms in total. The Labute approximate surface area is 117 Å². The van der Waals surface area contributed by atoms with Crippen molar-refractivity contribution in [2.24, 2.45) is 11.3 Å². The van der Waals surface area contributed by atoms with Gasteiger partial charge in [-0.1, -0.05) is 13.8 Å². The zero-order valence-electron chi connectivity index (χ0n) is 13.0. The predicted molar refractivity (Wildman–Crippen MR) is 76.0 cm³/mol. The van der Waals surface area contributed by atoms with Crippen LogP contribution in [0.3, 0.4) is 0 Å². The minimum absolute atomic E-state index is 0.0945. The van der Waals surface area contributed by atoms with E-state index in [2.05, 4.69) is 13.8 Å². The van der Waals surface area contributed by atoms with Crippen molar-refractivity contribution in [1.82, 2.24) is 4.90 Å². The molecule has 0 aliphatic carbocycles. The lowest BCUT2D eigenvalue weighted by atomic mass is 9.75. The molecule has 1 N–H and O–H groups in total. The summed E-state index contributed by atoms with van der Waals surface area (Å²) in [5, 5.41) is 9.20. The van der Waals surface area contributed by atoms with Crippen LogP contribution >= 0.6 is 0 Å². The fourth-order valence-electron chi connectivity index (χ4n) is 2.87. The normalized spacial score (nSPS) is 26.1. The predicted octanol–water partition coefficient (Wildman–Crippen LogP) is 3.04.